The van der Waals surface area contributed by atoms with Gasteiger partial charge in [0.15, 0.2) is 17.8 Å². The normalized spacial score (nSPS) is 22.8. The molecule has 5 nitrogen and oxygen atoms in total. The van der Waals surface area contributed by atoms with Crippen molar-refractivity contribution in [3.8, 4) is 0 Å². The summed E-state index contributed by atoms with van der Waals surface area (Å²) in [6, 6.07) is 31.4. The molecule has 232 valence electrons. The molecule has 4 aromatic rings. The van der Waals surface area contributed by atoms with E-state index in [4.69, 9.17) is 14.2 Å². The molecule has 0 saturated carbocycles. The number of fused-ring (bicyclic) bond motifs is 1. The monoisotopic (exact) mass is 602 g/mol. The summed E-state index contributed by atoms with van der Waals surface area (Å²) in [4.78, 5) is 27.8. The average Bonchev–Trinajstić information content (AvgIpc) is 3.08. The molecule has 7 rings (SSSR count). The van der Waals surface area contributed by atoms with E-state index < -0.39 is 35.2 Å². The minimum atomic E-state index is -1.18. The Hall–Kier alpha value is -4.22. The van der Waals surface area contributed by atoms with Crippen molar-refractivity contribution >= 4 is 11.9 Å². The highest BCUT2D eigenvalue weighted by atomic mass is 16.6. The van der Waals surface area contributed by atoms with Crippen LogP contribution in [-0.4, -0.2) is 31.3 Å². The highest BCUT2D eigenvalue weighted by Crippen LogP contribution is 2.61. The fourth-order valence-corrected chi connectivity index (χ4v) is 7.34. The van der Waals surface area contributed by atoms with Crippen LogP contribution in [0, 0.1) is 0 Å². The standard InChI is InChI=1S/C40H42O5/c1-5-7-13-27-19-23-29(24-20-27)37(41)44-35-36(45-38(42)30-25-21-28(22-26-30)14-8-6-2)40(43-4)33-17-11-9-15-31(33)39(35,3)32-16-10-12-18-34(32)40/h9-12,15-26,35-36H,5-8,13-14H2,1-4H3/t35?,36?,39-,40-. The van der Waals surface area contributed by atoms with Gasteiger partial charge in [0.2, 0.25) is 0 Å². The van der Waals surface area contributed by atoms with Crippen molar-refractivity contribution in [2.24, 2.45) is 0 Å². The zero-order valence-electron chi connectivity index (χ0n) is 26.7. The fourth-order valence-electron chi connectivity index (χ4n) is 7.34. The second-order valence-corrected chi connectivity index (χ2v) is 12.5. The molecule has 5 heteroatoms. The van der Waals surface area contributed by atoms with Crippen molar-refractivity contribution in [2.45, 2.75) is 82.5 Å². The number of rotatable bonds is 11. The van der Waals surface area contributed by atoms with E-state index in [-0.39, 0.29) is 0 Å². The molecule has 0 saturated heterocycles. The summed E-state index contributed by atoms with van der Waals surface area (Å²) in [5.74, 6) is -0.940. The van der Waals surface area contributed by atoms with Crippen LogP contribution < -0.4 is 0 Å². The van der Waals surface area contributed by atoms with Crippen molar-refractivity contribution in [2.75, 3.05) is 7.11 Å². The number of hydrogen-bond acceptors (Lipinski definition) is 5. The Morgan fingerprint density at radius 1 is 0.600 bits per heavy atom. The van der Waals surface area contributed by atoms with Crippen LogP contribution in [-0.2, 0) is 38.1 Å². The predicted molar refractivity (Wildman–Crippen MR) is 176 cm³/mol. The summed E-state index contributed by atoms with van der Waals surface area (Å²) in [7, 11) is 1.64. The summed E-state index contributed by atoms with van der Waals surface area (Å²) in [5.41, 5.74) is 5.09. The van der Waals surface area contributed by atoms with Gasteiger partial charge in [0.25, 0.3) is 0 Å². The number of unbranched alkanes of at least 4 members (excludes halogenated alkanes) is 2. The Kier molecular flexibility index (Phi) is 8.65. The molecule has 2 bridgehead atoms. The third-order valence-corrected chi connectivity index (χ3v) is 9.83. The fraction of sp³-hybridized carbons (Fsp3) is 0.350. The predicted octanol–water partition coefficient (Wildman–Crippen LogP) is 8.35. The number of aryl methyl sites for hydroxylation is 2. The Balaban J connectivity index is 1.43. The Labute approximate surface area is 266 Å². The zero-order valence-corrected chi connectivity index (χ0v) is 26.7. The first-order chi connectivity index (χ1) is 21.9. The number of hydrogen-bond donors (Lipinski definition) is 0. The SMILES string of the molecule is CCCCc1ccc(C(=O)OC2C(OC(=O)c3ccc(CCCC)cc3)[C@]3(OC)c4ccccc4[C@@]2(C)c2ccccc23)cc1. The highest BCUT2D eigenvalue weighted by Gasteiger charge is 2.68. The third kappa shape index (κ3) is 5.17. The van der Waals surface area contributed by atoms with Crippen molar-refractivity contribution in [1.29, 1.82) is 0 Å². The molecule has 4 aromatic carbocycles. The van der Waals surface area contributed by atoms with E-state index in [2.05, 4.69) is 32.9 Å². The van der Waals surface area contributed by atoms with E-state index in [0.29, 0.717) is 11.1 Å². The van der Waals surface area contributed by atoms with Gasteiger partial charge in [-0.2, -0.15) is 0 Å². The van der Waals surface area contributed by atoms with Crippen molar-refractivity contribution in [3.05, 3.63) is 142 Å². The van der Waals surface area contributed by atoms with E-state index in [1.54, 1.807) is 7.11 Å². The third-order valence-electron chi connectivity index (χ3n) is 9.83. The lowest BCUT2D eigenvalue weighted by Gasteiger charge is -2.59. The molecule has 2 unspecified atom stereocenters. The maximum absolute atomic E-state index is 13.9. The molecule has 0 heterocycles. The first-order valence-corrected chi connectivity index (χ1v) is 16.2. The van der Waals surface area contributed by atoms with Gasteiger partial charge in [0, 0.05) is 7.11 Å². The summed E-state index contributed by atoms with van der Waals surface area (Å²) >= 11 is 0. The topological polar surface area (TPSA) is 61.8 Å². The Bertz CT molecular complexity index is 1620. The van der Waals surface area contributed by atoms with Crippen LogP contribution in [0.1, 0.15) is 101 Å². The molecule has 0 N–H and O–H groups in total. The zero-order chi connectivity index (χ0) is 31.6. The summed E-state index contributed by atoms with van der Waals surface area (Å²) < 4.78 is 19.4. The van der Waals surface area contributed by atoms with Gasteiger partial charge in [0.1, 0.15) is 0 Å². The second-order valence-electron chi connectivity index (χ2n) is 12.5. The minimum absolute atomic E-state index is 0.447. The summed E-state index contributed by atoms with van der Waals surface area (Å²) in [5, 5.41) is 0. The van der Waals surface area contributed by atoms with Gasteiger partial charge in [-0.15, -0.1) is 0 Å². The van der Waals surface area contributed by atoms with Crippen LogP contribution in [0.15, 0.2) is 97.1 Å². The number of benzene rings is 4. The van der Waals surface area contributed by atoms with Gasteiger partial charge in [-0.05, 0) is 90.3 Å². The first kappa shape index (κ1) is 30.8. The number of esters is 2. The van der Waals surface area contributed by atoms with Crippen molar-refractivity contribution in [3.63, 3.8) is 0 Å². The molecule has 0 spiro atoms. The number of carbonyl (C=O) groups excluding carboxylic acids is 2. The van der Waals surface area contributed by atoms with Gasteiger partial charge in [0.05, 0.1) is 16.5 Å². The van der Waals surface area contributed by atoms with E-state index >= 15 is 0 Å². The van der Waals surface area contributed by atoms with Crippen LogP contribution in [0.5, 0.6) is 0 Å². The van der Waals surface area contributed by atoms with Crippen molar-refractivity contribution in [1.82, 2.24) is 0 Å². The largest absolute Gasteiger partial charge is 0.453 e. The van der Waals surface area contributed by atoms with E-state index in [9.17, 15) is 9.59 Å². The number of carbonyl (C=O) groups is 2. The quantitative estimate of drug-likeness (QED) is 0.162. The van der Waals surface area contributed by atoms with E-state index in [1.807, 2.05) is 84.9 Å². The maximum atomic E-state index is 13.9. The molecule has 0 radical (unpaired) electrons. The number of methoxy groups -OCH3 is 1. The van der Waals surface area contributed by atoms with E-state index in [1.165, 1.54) is 11.1 Å². The smallest absolute Gasteiger partial charge is 0.338 e. The molecule has 0 aliphatic heterocycles. The maximum Gasteiger partial charge on any atom is 0.338 e. The average molecular weight is 603 g/mol. The molecule has 0 fully saturated rings. The van der Waals surface area contributed by atoms with Crippen LogP contribution in [0.3, 0.4) is 0 Å². The molecule has 3 aliphatic rings. The highest BCUT2D eigenvalue weighted by molar-refractivity contribution is 5.91. The van der Waals surface area contributed by atoms with E-state index in [0.717, 1.165) is 60.8 Å². The van der Waals surface area contributed by atoms with Crippen LogP contribution in [0.25, 0.3) is 0 Å². The minimum Gasteiger partial charge on any atom is -0.453 e. The molecule has 0 amide bonds. The van der Waals surface area contributed by atoms with Gasteiger partial charge in [-0.3, -0.25) is 0 Å². The Morgan fingerprint density at radius 3 is 1.40 bits per heavy atom. The lowest BCUT2D eigenvalue weighted by Crippen LogP contribution is -2.67. The van der Waals surface area contributed by atoms with Gasteiger partial charge < -0.3 is 14.2 Å². The molecule has 0 aromatic heterocycles. The lowest BCUT2D eigenvalue weighted by molar-refractivity contribution is -0.167. The first-order valence-electron chi connectivity index (χ1n) is 16.2. The van der Waals surface area contributed by atoms with Gasteiger partial charge in [-0.1, -0.05) is 99.5 Å². The van der Waals surface area contributed by atoms with Crippen molar-refractivity contribution < 1.29 is 23.8 Å². The molecule has 3 aliphatic carbocycles. The van der Waals surface area contributed by atoms with Gasteiger partial charge in [-0.25, -0.2) is 9.59 Å². The molecular formula is C40H42O5. The molecular weight excluding hydrogens is 560 g/mol. The molecule has 45 heavy (non-hydrogen) atoms. The summed E-state index contributed by atoms with van der Waals surface area (Å²) in [6.45, 7) is 6.41. The van der Waals surface area contributed by atoms with Crippen LogP contribution in [0.2, 0.25) is 0 Å². The second kappa shape index (κ2) is 12.6. The van der Waals surface area contributed by atoms with Gasteiger partial charge >= 0.3 is 11.9 Å². The lowest BCUT2D eigenvalue weighted by atomic mass is 9.51. The number of ether oxygens (including phenoxy) is 3. The van der Waals surface area contributed by atoms with Crippen LogP contribution in [0.4, 0.5) is 0 Å². The Morgan fingerprint density at radius 2 is 1.00 bits per heavy atom. The summed E-state index contributed by atoms with van der Waals surface area (Å²) in [6.07, 6.45) is 4.52. The molecule has 2 atom stereocenters. The van der Waals surface area contributed by atoms with Crippen LogP contribution >= 0.6 is 0 Å².